The zero-order chi connectivity index (χ0) is 20.0. The molecule has 1 fully saturated rings. The van der Waals surface area contributed by atoms with Crippen molar-refractivity contribution in [1.29, 1.82) is 0 Å². The van der Waals surface area contributed by atoms with Gasteiger partial charge in [0.25, 0.3) is 5.91 Å². The summed E-state index contributed by atoms with van der Waals surface area (Å²) in [5, 5.41) is 3.70. The Bertz CT molecular complexity index is 683. The SMILES string of the molecule is COc1cc(OC)c(C(=O)NNC(=S)N[C@@H]2CCC[C@@H](C)[C@H]2C)cc1OC. The number of hydrogen-bond acceptors (Lipinski definition) is 5. The largest absolute Gasteiger partial charge is 0.496 e. The quantitative estimate of drug-likeness (QED) is 0.522. The minimum absolute atomic E-state index is 0.307. The summed E-state index contributed by atoms with van der Waals surface area (Å²) in [6.45, 7) is 4.50. The predicted octanol–water partition coefficient (Wildman–Crippen LogP) is 2.65. The van der Waals surface area contributed by atoms with Gasteiger partial charge >= 0.3 is 0 Å². The van der Waals surface area contributed by atoms with E-state index in [1.54, 1.807) is 12.1 Å². The summed E-state index contributed by atoms with van der Waals surface area (Å²) in [5.74, 6) is 2.10. The second-order valence-corrected chi connectivity index (χ2v) is 7.24. The Morgan fingerprint density at radius 2 is 1.63 bits per heavy atom. The van der Waals surface area contributed by atoms with E-state index in [-0.39, 0.29) is 5.91 Å². The van der Waals surface area contributed by atoms with Crippen LogP contribution in [0.25, 0.3) is 0 Å². The molecule has 0 radical (unpaired) electrons. The molecule has 150 valence electrons. The van der Waals surface area contributed by atoms with Crippen LogP contribution in [-0.2, 0) is 0 Å². The Hall–Kier alpha value is -2.22. The molecule has 0 aromatic heterocycles. The first-order chi connectivity index (χ1) is 12.9. The van der Waals surface area contributed by atoms with E-state index in [0.29, 0.717) is 45.8 Å². The summed E-state index contributed by atoms with van der Waals surface area (Å²) in [4.78, 5) is 12.6. The third kappa shape index (κ3) is 5.15. The van der Waals surface area contributed by atoms with E-state index in [4.69, 9.17) is 26.4 Å². The topological polar surface area (TPSA) is 80.9 Å². The Balaban J connectivity index is 1.99. The zero-order valence-corrected chi connectivity index (χ0v) is 17.4. The monoisotopic (exact) mass is 395 g/mol. The van der Waals surface area contributed by atoms with Crippen molar-refractivity contribution in [2.45, 2.75) is 39.2 Å². The predicted molar refractivity (Wildman–Crippen MR) is 108 cm³/mol. The van der Waals surface area contributed by atoms with Crippen LogP contribution in [-0.4, -0.2) is 38.4 Å². The van der Waals surface area contributed by atoms with Gasteiger partial charge in [-0.15, -0.1) is 0 Å². The van der Waals surface area contributed by atoms with Gasteiger partial charge in [-0.05, 0) is 30.5 Å². The molecule has 0 unspecified atom stereocenters. The van der Waals surface area contributed by atoms with Gasteiger partial charge in [0.1, 0.15) is 5.75 Å². The van der Waals surface area contributed by atoms with Crippen LogP contribution in [0.2, 0.25) is 0 Å². The van der Waals surface area contributed by atoms with E-state index in [0.717, 1.165) is 6.42 Å². The number of thiocarbonyl (C=S) groups is 1. The molecule has 2 rings (SSSR count). The molecule has 1 amide bonds. The number of carbonyl (C=O) groups is 1. The highest BCUT2D eigenvalue weighted by atomic mass is 32.1. The highest BCUT2D eigenvalue weighted by Gasteiger charge is 2.27. The maximum atomic E-state index is 12.6. The van der Waals surface area contributed by atoms with Crippen LogP contribution in [0, 0.1) is 11.8 Å². The van der Waals surface area contributed by atoms with Crippen molar-refractivity contribution in [2.75, 3.05) is 21.3 Å². The van der Waals surface area contributed by atoms with Crippen molar-refractivity contribution < 1.29 is 19.0 Å². The van der Waals surface area contributed by atoms with Gasteiger partial charge in [-0.25, -0.2) is 0 Å². The van der Waals surface area contributed by atoms with Crippen LogP contribution in [0.15, 0.2) is 12.1 Å². The third-order valence-corrected chi connectivity index (χ3v) is 5.48. The van der Waals surface area contributed by atoms with Crippen LogP contribution >= 0.6 is 12.2 Å². The minimum Gasteiger partial charge on any atom is -0.496 e. The molecule has 7 nitrogen and oxygen atoms in total. The maximum Gasteiger partial charge on any atom is 0.273 e. The number of hydrogen-bond donors (Lipinski definition) is 3. The number of carbonyl (C=O) groups excluding carboxylic acids is 1. The van der Waals surface area contributed by atoms with Crippen LogP contribution in [0.3, 0.4) is 0 Å². The van der Waals surface area contributed by atoms with Gasteiger partial charge in [-0.2, -0.15) is 0 Å². The fourth-order valence-corrected chi connectivity index (χ4v) is 3.58. The fraction of sp³-hybridized carbons (Fsp3) is 0.579. The molecular formula is C19H29N3O4S. The van der Waals surface area contributed by atoms with Crippen LogP contribution in [0.4, 0.5) is 0 Å². The number of benzene rings is 1. The van der Waals surface area contributed by atoms with Gasteiger partial charge in [0.2, 0.25) is 0 Å². The average molecular weight is 396 g/mol. The van der Waals surface area contributed by atoms with Crippen molar-refractivity contribution in [3.63, 3.8) is 0 Å². The first kappa shape index (κ1) is 21.1. The molecule has 0 aliphatic heterocycles. The molecule has 0 spiro atoms. The summed E-state index contributed by atoms with van der Waals surface area (Å²) >= 11 is 5.33. The number of amides is 1. The first-order valence-electron chi connectivity index (χ1n) is 9.08. The second kappa shape index (κ2) is 9.64. The van der Waals surface area contributed by atoms with Crippen molar-refractivity contribution in [2.24, 2.45) is 11.8 Å². The molecular weight excluding hydrogens is 366 g/mol. The van der Waals surface area contributed by atoms with Gasteiger partial charge in [0, 0.05) is 18.2 Å². The lowest BCUT2D eigenvalue weighted by atomic mass is 9.78. The summed E-state index contributed by atoms with van der Waals surface area (Å²) in [6.07, 6.45) is 3.50. The molecule has 27 heavy (non-hydrogen) atoms. The first-order valence-corrected chi connectivity index (χ1v) is 9.48. The molecule has 3 N–H and O–H groups in total. The second-order valence-electron chi connectivity index (χ2n) is 6.83. The highest BCUT2D eigenvalue weighted by molar-refractivity contribution is 7.80. The van der Waals surface area contributed by atoms with Gasteiger partial charge in [-0.1, -0.05) is 26.7 Å². The Morgan fingerprint density at radius 1 is 1.00 bits per heavy atom. The summed E-state index contributed by atoms with van der Waals surface area (Å²) in [7, 11) is 4.52. The van der Waals surface area contributed by atoms with Gasteiger partial charge in [0.05, 0.1) is 26.9 Å². The number of hydrazine groups is 1. The Labute approximate surface area is 166 Å². The van der Waals surface area contributed by atoms with Crippen molar-refractivity contribution in [1.82, 2.24) is 16.2 Å². The van der Waals surface area contributed by atoms with Gasteiger partial charge < -0.3 is 19.5 Å². The van der Waals surface area contributed by atoms with E-state index in [1.807, 2.05) is 0 Å². The van der Waals surface area contributed by atoms with Crippen molar-refractivity contribution in [3.8, 4) is 17.2 Å². The molecule has 1 aliphatic rings. The smallest absolute Gasteiger partial charge is 0.273 e. The minimum atomic E-state index is -0.387. The molecule has 8 heteroatoms. The van der Waals surface area contributed by atoms with E-state index >= 15 is 0 Å². The average Bonchev–Trinajstić information content (AvgIpc) is 2.68. The molecule has 1 aromatic rings. The summed E-state index contributed by atoms with van der Waals surface area (Å²) in [6, 6.07) is 3.48. The molecule has 0 bridgehead atoms. The number of rotatable bonds is 5. The highest BCUT2D eigenvalue weighted by Crippen LogP contribution is 2.34. The van der Waals surface area contributed by atoms with Crippen LogP contribution < -0.4 is 30.4 Å². The molecule has 1 aromatic carbocycles. The van der Waals surface area contributed by atoms with Crippen molar-refractivity contribution in [3.05, 3.63) is 17.7 Å². The van der Waals surface area contributed by atoms with Crippen LogP contribution in [0.5, 0.6) is 17.2 Å². The van der Waals surface area contributed by atoms with Crippen LogP contribution in [0.1, 0.15) is 43.5 Å². The zero-order valence-electron chi connectivity index (χ0n) is 16.5. The lowest BCUT2D eigenvalue weighted by molar-refractivity contribution is 0.0939. The normalized spacial score (nSPS) is 21.7. The lowest BCUT2D eigenvalue weighted by Crippen LogP contribution is -2.52. The molecule has 1 saturated carbocycles. The lowest BCUT2D eigenvalue weighted by Gasteiger charge is -2.35. The Kier molecular flexibility index (Phi) is 7.53. The van der Waals surface area contributed by atoms with E-state index in [9.17, 15) is 4.79 Å². The molecule has 0 saturated heterocycles. The molecule has 0 heterocycles. The summed E-state index contributed by atoms with van der Waals surface area (Å²) < 4.78 is 15.8. The number of ether oxygens (including phenoxy) is 3. The molecule has 1 aliphatic carbocycles. The van der Waals surface area contributed by atoms with Gasteiger partial charge in [-0.3, -0.25) is 15.6 Å². The third-order valence-electron chi connectivity index (χ3n) is 5.26. The van der Waals surface area contributed by atoms with Crippen molar-refractivity contribution >= 4 is 23.2 Å². The van der Waals surface area contributed by atoms with Gasteiger partial charge in [0.15, 0.2) is 16.6 Å². The standard InChI is InChI=1S/C19H29N3O4S/c1-11-7-6-8-14(12(11)2)20-19(27)22-21-18(23)13-9-16(25-4)17(26-5)10-15(13)24-3/h9-12,14H,6-8H2,1-5H3,(H,21,23)(H2,20,22,27)/t11-,12-,14-/m1/s1. The Morgan fingerprint density at radius 3 is 2.26 bits per heavy atom. The molecule has 3 atom stereocenters. The fourth-order valence-electron chi connectivity index (χ4n) is 3.38. The van der Waals surface area contributed by atoms with E-state index < -0.39 is 0 Å². The maximum absolute atomic E-state index is 12.6. The summed E-state index contributed by atoms with van der Waals surface area (Å²) in [5.41, 5.74) is 5.69. The number of nitrogens with one attached hydrogen (secondary N) is 3. The number of methoxy groups -OCH3 is 3. The van der Waals surface area contributed by atoms with E-state index in [1.165, 1.54) is 34.2 Å². The van der Waals surface area contributed by atoms with E-state index in [2.05, 4.69) is 30.0 Å².